The molecule has 0 saturated carbocycles. The van der Waals surface area contributed by atoms with Crippen LogP contribution in [-0.4, -0.2) is 43.7 Å². The van der Waals surface area contributed by atoms with Gasteiger partial charge >= 0.3 is 0 Å². The van der Waals surface area contributed by atoms with Crippen molar-refractivity contribution >= 4 is 47.0 Å². The largest absolute Gasteiger partial charge is 0.369 e. The summed E-state index contributed by atoms with van der Waals surface area (Å²) < 4.78 is 0. The van der Waals surface area contributed by atoms with E-state index in [1.165, 1.54) is 34.0 Å². The molecule has 2 aromatic rings. The molecule has 27 heavy (non-hydrogen) atoms. The first-order valence-electron chi connectivity index (χ1n) is 9.34. The first-order chi connectivity index (χ1) is 12.6. The molecule has 0 aliphatic carbocycles. The molecule has 1 aromatic carbocycles. The lowest BCUT2D eigenvalue weighted by Crippen LogP contribution is -2.51. The van der Waals surface area contributed by atoms with Crippen molar-refractivity contribution in [2.24, 2.45) is 4.99 Å². The number of thiazole rings is 1. The van der Waals surface area contributed by atoms with Gasteiger partial charge in [0.05, 0.1) is 5.01 Å². The Kier molecular flexibility index (Phi) is 8.82. The zero-order valence-corrected chi connectivity index (χ0v) is 19.5. The van der Waals surface area contributed by atoms with Crippen molar-refractivity contribution in [3.63, 3.8) is 0 Å². The van der Waals surface area contributed by atoms with Gasteiger partial charge in [-0.25, -0.2) is 4.98 Å². The predicted octanol–water partition coefficient (Wildman–Crippen LogP) is 3.75. The second-order valence-electron chi connectivity index (χ2n) is 6.88. The highest BCUT2D eigenvalue weighted by molar-refractivity contribution is 14.0. The molecule has 1 atom stereocenters. The van der Waals surface area contributed by atoms with Crippen molar-refractivity contribution in [2.45, 2.75) is 39.2 Å². The number of piperidine rings is 1. The molecule has 2 heterocycles. The quantitative estimate of drug-likeness (QED) is 0.374. The highest BCUT2D eigenvalue weighted by Crippen LogP contribution is 2.20. The summed E-state index contributed by atoms with van der Waals surface area (Å²) in [6.07, 6.45) is 5.24. The Labute approximate surface area is 183 Å². The number of aliphatic imine (C=N–C) groups is 1. The number of hydrogen-bond donors (Lipinski definition) is 2. The van der Waals surface area contributed by atoms with Crippen LogP contribution in [0.15, 0.2) is 35.5 Å². The van der Waals surface area contributed by atoms with Crippen molar-refractivity contribution in [3.05, 3.63) is 45.9 Å². The minimum absolute atomic E-state index is 0. The van der Waals surface area contributed by atoms with Gasteiger partial charge < -0.3 is 15.5 Å². The van der Waals surface area contributed by atoms with Crippen LogP contribution in [0.2, 0.25) is 0 Å². The number of nitrogens with zero attached hydrogens (tertiary/aromatic N) is 3. The van der Waals surface area contributed by atoms with E-state index in [4.69, 9.17) is 0 Å². The summed E-state index contributed by atoms with van der Waals surface area (Å²) in [5, 5.41) is 8.19. The average Bonchev–Trinajstić information content (AvgIpc) is 3.07. The van der Waals surface area contributed by atoms with Crippen molar-refractivity contribution < 1.29 is 0 Å². The average molecular weight is 499 g/mol. The van der Waals surface area contributed by atoms with Gasteiger partial charge in [-0.15, -0.1) is 35.3 Å². The van der Waals surface area contributed by atoms with Gasteiger partial charge in [0.25, 0.3) is 0 Å². The van der Waals surface area contributed by atoms with Crippen LogP contribution < -0.4 is 15.5 Å². The third-order valence-corrected chi connectivity index (χ3v) is 5.66. The molecule has 1 aliphatic heterocycles. The molecule has 0 radical (unpaired) electrons. The van der Waals surface area contributed by atoms with E-state index in [0.717, 1.165) is 32.0 Å². The Morgan fingerprint density at radius 3 is 2.74 bits per heavy atom. The number of aromatic nitrogens is 1. The lowest BCUT2D eigenvalue weighted by atomic mass is 10.0. The van der Waals surface area contributed by atoms with E-state index in [-0.39, 0.29) is 24.0 Å². The number of hydrogen-bond acceptors (Lipinski definition) is 4. The number of guanidine groups is 1. The monoisotopic (exact) mass is 499 g/mol. The first-order valence-corrected chi connectivity index (χ1v) is 10.2. The standard InChI is InChI=1S/C20H29N5S.HI/c1-15-6-8-18(9-7-15)25-12-4-5-17(14-25)24-20(21-3)22-11-10-19-23-13-16(2)26-19;/h6-9,13,17H,4-5,10-12,14H2,1-3H3,(H2,21,22,24);1H. The van der Waals surface area contributed by atoms with Crippen molar-refractivity contribution in [1.82, 2.24) is 15.6 Å². The molecule has 1 fully saturated rings. The molecule has 1 aliphatic rings. The molecule has 5 nitrogen and oxygen atoms in total. The maximum absolute atomic E-state index is 4.42. The van der Waals surface area contributed by atoms with Crippen molar-refractivity contribution in [2.75, 3.05) is 31.6 Å². The van der Waals surface area contributed by atoms with Crippen molar-refractivity contribution in [3.8, 4) is 0 Å². The molecule has 3 rings (SSSR count). The zero-order chi connectivity index (χ0) is 18.4. The summed E-state index contributed by atoms with van der Waals surface area (Å²) in [5.41, 5.74) is 2.62. The summed E-state index contributed by atoms with van der Waals surface area (Å²) in [5.74, 6) is 0.883. The molecule has 1 unspecified atom stereocenters. The van der Waals surface area contributed by atoms with Gasteiger partial charge in [-0.2, -0.15) is 0 Å². The van der Waals surface area contributed by atoms with Crippen LogP contribution in [0.3, 0.4) is 0 Å². The predicted molar refractivity (Wildman–Crippen MR) is 127 cm³/mol. The van der Waals surface area contributed by atoms with Gasteiger partial charge in [-0.3, -0.25) is 4.99 Å². The molecule has 2 N–H and O–H groups in total. The van der Waals surface area contributed by atoms with Gasteiger partial charge in [0.15, 0.2) is 5.96 Å². The van der Waals surface area contributed by atoms with Gasteiger partial charge in [0.2, 0.25) is 0 Å². The lowest BCUT2D eigenvalue weighted by molar-refractivity contribution is 0.468. The number of rotatable bonds is 5. The third kappa shape index (κ3) is 6.64. The highest BCUT2D eigenvalue weighted by atomic mass is 127. The maximum Gasteiger partial charge on any atom is 0.191 e. The van der Waals surface area contributed by atoms with E-state index in [9.17, 15) is 0 Å². The molecule has 0 bridgehead atoms. The van der Waals surface area contributed by atoms with Gasteiger partial charge in [-0.05, 0) is 38.8 Å². The fourth-order valence-corrected chi connectivity index (χ4v) is 4.06. The molecule has 7 heteroatoms. The Hall–Kier alpha value is -1.35. The van der Waals surface area contributed by atoms with E-state index < -0.39 is 0 Å². The topological polar surface area (TPSA) is 52.6 Å². The van der Waals surface area contributed by atoms with Gasteiger partial charge in [0.1, 0.15) is 0 Å². The van der Waals surface area contributed by atoms with Crippen LogP contribution in [0, 0.1) is 13.8 Å². The molecular formula is C20H30IN5S. The lowest BCUT2D eigenvalue weighted by Gasteiger charge is -2.35. The Balaban J connectivity index is 0.00000261. The Morgan fingerprint density at radius 2 is 2.07 bits per heavy atom. The zero-order valence-electron chi connectivity index (χ0n) is 16.4. The number of halogens is 1. The van der Waals surface area contributed by atoms with Crippen LogP contribution in [0.4, 0.5) is 5.69 Å². The number of anilines is 1. The van der Waals surface area contributed by atoms with Crippen LogP contribution in [-0.2, 0) is 6.42 Å². The second-order valence-corrected chi connectivity index (χ2v) is 8.20. The highest BCUT2D eigenvalue weighted by Gasteiger charge is 2.20. The molecule has 148 valence electrons. The van der Waals surface area contributed by atoms with Crippen LogP contribution in [0.5, 0.6) is 0 Å². The van der Waals surface area contributed by atoms with Crippen LogP contribution in [0.1, 0.15) is 28.3 Å². The number of nitrogens with one attached hydrogen (secondary N) is 2. The van der Waals surface area contributed by atoms with Crippen LogP contribution >= 0.6 is 35.3 Å². The Morgan fingerprint density at radius 1 is 1.30 bits per heavy atom. The second kappa shape index (κ2) is 10.8. The third-order valence-electron chi connectivity index (χ3n) is 4.69. The summed E-state index contributed by atoms with van der Waals surface area (Å²) >= 11 is 1.76. The van der Waals surface area contributed by atoms with Gasteiger partial charge in [0, 0.05) is 55.9 Å². The van der Waals surface area contributed by atoms with E-state index >= 15 is 0 Å². The van der Waals surface area contributed by atoms with E-state index in [1.807, 2.05) is 13.2 Å². The maximum atomic E-state index is 4.42. The molecule has 1 aromatic heterocycles. The molecular weight excluding hydrogens is 469 g/mol. The fourth-order valence-electron chi connectivity index (χ4n) is 3.28. The van der Waals surface area contributed by atoms with Crippen LogP contribution in [0.25, 0.3) is 0 Å². The van der Waals surface area contributed by atoms with Crippen molar-refractivity contribution in [1.29, 1.82) is 0 Å². The first kappa shape index (κ1) is 21.9. The number of aryl methyl sites for hydroxylation is 2. The summed E-state index contributed by atoms with van der Waals surface area (Å²) in [4.78, 5) is 12.5. The molecule has 0 amide bonds. The van der Waals surface area contributed by atoms with E-state index in [2.05, 4.69) is 63.6 Å². The smallest absolute Gasteiger partial charge is 0.191 e. The normalized spacial score (nSPS) is 17.4. The molecule has 0 spiro atoms. The number of benzene rings is 1. The van der Waals surface area contributed by atoms with E-state index in [1.54, 1.807) is 11.3 Å². The van der Waals surface area contributed by atoms with E-state index in [0.29, 0.717) is 6.04 Å². The SMILES string of the molecule is CN=C(NCCc1ncc(C)s1)NC1CCCN(c2ccc(C)cc2)C1.I. The summed E-state index contributed by atoms with van der Waals surface area (Å²) in [7, 11) is 1.84. The summed E-state index contributed by atoms with van der Waals surface area (Å²) in [6, 6.07) is 9.24. The minimum Gasteiger partial charge on any atom is -0.369 e. The fraction of sp³-hybridized carbons (Fsp3) is 0.500. The minimum atomic E-state index is 0. The van der Waals surface area contributed by atoms with Gasteiger partial charge in [-0.1, -0.05) is 17.7 Å². The Bertz CT molecular complexity index is 728. The molecule has 1 saturated heterocycles. The summed E-state index contributed by atoms with van der Waals surface area (Å²) in [6.45, 7) is 7.21.